The predicted molar refractivity (Wildman–Crippen MR) is 48.9 cm³/mol. The van der Waals surface area contributed by atoms with E-state index < -0.39 is 0 Å². The fourth-order valence-corrected chi connectivity index (χ4v) is 1.28. The average Bonchev–Trinajstić information content (AvgIpc) is 2.84. The van der Waals surface area contributed by atoms with Crippen LogP contribution < -0.4 is 5.32 Å². The molecule has 3 heteroatoms. The van der Waals surface area contributed by atoms with Gasteiger partial charge < -0.3 is 10.2 Å². The van der Waals surface area contributed by atoms with E-state index in [1.807, 2.05) is 18.9 Å². The maximum Gasteiger partial charge on any atom is 0.236 e. The van der Waals surface area contributed by atoms with Gasteiger partial charge in [-0.15, -0.1) is 0 Å². The van der Waals surface area contributed by atoms with Crippen LogP contribution in [0.2, 0.25) is 0 Å². The van der Waals surface area contributed by atoms with Crippen molar-refractivity contribution in [1.29, 1.82) is 0 Å². The summed E-state index contributed by atoms with van der Waals surface area (Å²) in [6.07, 6.45) is 2.62. The van der Waals surface area contributed by atoms with E-state index in [2.05, 4.69) is 5.32 Å². The zero-order valence-electron chi connectivity index (χ0n) is 7.97. The van der Waals surface area contributed by atoms with Crippen LogP contribution in [-0.2, 0) is 4.79 Å². The van der Waals surface area contributed by atoms with Crippen LogP contribution in [0.15, 0.2) is 0 Å². The van der Waals surface area contributed by atoms with Crippen molar-refractivity contribution in [3.63, 3.8) is 0 Å². The molecule has 0 bridgehead atoms. The lowest BCUT2D eigenvalue weighted by molar-refractivity contribution is -0.130. The molecule has 0 aromatic heterocycles. The average molecular weight is 170 g/mol. The molecule has 0 saturated heterocycles. The van der Waals surface area contributed by atoms with Crippen LogP contribution in [0.3, 0.4) is 0 Å². The lowest BCUT2D eigenvalue weighted by Crippen LogP contribution is -2.38. The number of carbonyl (C=O) groups is 1. The molecule has 1 N–H and O–H groups in total. The van der Waals surface area contributed by atoms with Gasteiger partial charge in [-0.05, 0) is 32.7 Å². The maximum atomic E-state index is 11.4. The van der Waals surface area contributed by atoms with Crippen molar-refractivity contribution in [1.82, 2.24) is 10.2 Å². The minimum Gasteiger partial charge on any atom is -0.342 e. The minimum atomic E-state index is 0.229. The topological polar surface area (TPSA) is 32.3 Å². The summed E-state index contributed by atoms with van der Waals surface area (Å²) < 4.78 is 0. The molecule has 1 aliphatic carbocycles. The Morgan fingerprint density at radius 2 is 2.25 bits per heavy atom. The van der Waals surface area contributed by atoms with Gasteiger partial charge in [-0.3, -0.25) is 4.79 Å². The molecule has 0 aromatic rings. The van der Waals surface area contributed by atoms with Gasteiger partial charge in [-0.1, -0.05) is 0 Å². The second-order valence-corrected chi connectivity index (χ2v) is 3.41. The lowest BCUT2D eigenvalue weighted by atomic mass is 10.3. The molecule has 1 fully saturated rings. The zero-order valence-corrected chi connectivity index (χ0v) is 7.97. The van der Waals surface area contributed by atoms with Crippen molar-refractivity contribution < 1.29 is 4.79 Å². The summed E-state index contributed by atoms with van der Waals surface area (Å²) in [5.74, 6) is 1.03. The van der Waals surface area contributed by atoms with Crippen LogP contribution >= 0.6 is 0 Å². The molecular formula is C9H18N2O. The first-order valence-electron chi connectivity index (χ1n) is 4.70. The van der Waals surface area contributed by atoms with Gasteiger partial charge in [-0.25, -0.2) is 0 Å². The van der Waals surface area contributed by atoms with E-state index >= 15 is 0 Å². The molecule has 1 amide bonds. The lowest BCUT2D eigenvalue weighted by Gasteiger charge is -2.20. The summed E-state index contributed by atoms with van der Waals surface area (Å²) in [6.45, 7) is 4.32. The molecule has 1 saturated carbocycles. The quantitative estimate of drug-likeness (QED) is 0.650. The van der Waals surface area contributed by atoms with Crippen molar-refractivity contribution in [2.24, 2.45) is 5.92 Å². The van der Waals surface area contributed by atoms with Crippen molar-refractivity contribution in [2.45, 2.75) is 19.8 Å². The largest absolute Gasteiger partial charge is 0.342 e. The molecule has 0 aromatic carbocycles. The maximum absolute atomic E-state index is 11.4. The smallest absolute Gasteiger partial charge is 0.236 e. The van der Waals surface area contributed by atoms with Crippen LogP contribution in [-0.4, -0.2) is 37.5 Å². The molecule has 0 unspecified atom stereocenters. The number of rotatable bonds is 5. The Morgan fingerprint density at radius 1 is 1.58 bits per heavy atom. The monoisotopic (exact) mass is 170 g/mol. The summed E-state index contributed by atoms with van der Waals surface area (Å²) in [5, 5.41) is 2.88. The summed E-state index contributed by atoms with van der Waals surface area (Å²) in [7, 11) is 1.81. The van der Waals surface area contributed by atoms with Crippen LogP contribution in [0.5, 0.6) is 0 Å². The summed E-state index contributed by atoms with van der Waals surface area (Å²) in [6, 6.07) is 0. The summed E-state index contributed by atoms with van der Waals surface area (Å²) in [4.78, 5) is 13.3. The Labute approximate surface area is 74.1 Å². The first-order chi connectivity index (χ1) is 5.77. The van der Waals surface area contributed by atoms with Crippen molar-refractivity contribution in [3.8, 4) is 0 Å². The fourth-order valence-electron chi connectivity index (χ4n) is 1.28. The molecule has 0 spiro atoms. The van der Waals surface area contributed by atoms with Gasteiger partial charge in [0.2, 0.25) is 5.91 Å². The molecule has 0 heterocycles. The van der Waals surface area contributed by atoms with Gasteiger partial charge in [0.25, 0.3) is 0 Å². The van der Waals surface area contributed by atoms with Gasteiger partial charge >= 0.3 is 0 Å². The van der Waals surface area contributed by atoms with Crippen molar-refractivity contribution in [3.05, 3.63) is 0 Å². The first-order valence-corrected chi connectivity index (χ1v) is 4.70. The second kappa shape index (κ2) is 4.45. The standard InChI is InChI=1S/C9H18N2O/c1-3-11(7-8-4-5-8)9(12)6-10-2/h8,10H,3-7H2,1-2H3. The third-order valence-corrected chi connectivity index (χ3v) is 2.24. The molecule has 12 heavy (non-hydrogen) atoms. The first kappa shape index (κ1) is 9.52. The number of likely N-dealkylation sites (N-methyl/N-ethyl adjacent to an activating group) is 2. The van der Waals surface area contributed by atoms with E-state index in [4.69, 9.17) is 0 Å². The highest BCUT2D eigenvalue weighted by Crippen LogP contribution is 2.29. The number of nitrogens with one attached hydrogen (secondary N) is 1. The molecule has 1 rings (SSSR count). The molecule has 0 atom stereocenters. The van der Waals surface area contributed by atoms with E-state index in [-0.39, 0.29) is 5.91 Å². The highest BCUT2D eigenvalue weighted by atomic mass is 16.2. The van der Waals surface area contributed by atoms with Crippen molar-refractivity contribution >= 4 is 5.91 Å². The second-order valence-electron chi connectivity index (χ2n) is 3.41. The molecular weight excluding hydrogens is 152 g/mol. The van der Waals surface area contributed by atoms with Gasteiger partial charge in [-0.2, -0.15) is 0 Å². The molecule has 0 aliphatic heterocycles. The number of amides is 1. The number of nitrogens with zero attached hydrogens (tertiary/aromatic N) is 1. The Bertz CT molecular complexity index is 155. The molecule has 1 aliphatic rings. The zero-order chi connectivity index (χ0) is 8.97. The molecule has 3 nitrogen and oxygen atoms in total. The molecule has 0 radical (unpaired) electrons. The highest BCUT2D eigenvalue weighted by Gasteiger charge is 2.25. The van der Waals surface area contributed by atoms with Gasteiger partial charge in [0, 0.05) is 13.1 Å². The number of hydrogen-bond acceptors (Lipinski definition) is 2. The van der Waals surface area contributed by atoms with E-state index in [1.54, 1.807) is 0 Å². The number of hydrogen-bond donors (Lipinski definition) is 1. The van der Waals surface area contributed by atoms with Crippen molar-refractivity contribution in [2.75, 3.05) is 26.7 Å². The van der Waals surface area contributed by atoms with Gasteiger partial charge in [0.05, 0.1) is 6.54 Å². The Morgan fingerprint density at radius 3 is 2.67 bits per heavy atom. The van der Waals surface area contributed by atoms with Gasteiger partial charge in [0.1, 0.15) is 0 Å². The highest BCUT2D eigenvalue weighted by molar-refractivity contribution is 5.78. The summed E-state index contributed by atoms with van der Waals surface area (Å²) >= 11 is 0. The Balaban J connectivity index is 2.26. The third-order valence-electron chi connectivity index (χ3n) is 2.24. The predicted octanol–water partition coefficient (Wildman–Crippen LogP) is 0.464. The molecule has 70 valence electrons. The van der Waals surface area contributed by atoms with E-state index in [0.29, 0.717) is 6.54 Å². The minimum absolute atomic E-state index is 0.229. The fraction of sp³-hybridized carbons (Fsp3) is 0.889. The summed E-state index contributed by atoms with van der Waals surface area (Å²) in [5.41, 5.74) is 0. The Hall–Kier alpha value is -0.570. The van der Waals surface area contributed by atoms with Crippen LogP contribution in [0.1, 0.15) is 19.8 Å². The van der Waals surface area contributed by atoms with Crippen LogP contribution in [0.4, 0.5) is 0 Å². The van der Waals surface area contributed by atoms with E-state index in [0.717, 1.165) is 19.0 Å². The normalized spacial score (nSPS) is 16.2. The van der Waals surface area contributed by atoms with Gasteiger partial charge in [0.15, 0.2) is 0 Å². The van der Waals surface area contributed by atoms with Crippen LogP contribution in [0, 0.1) is 5.92 Å². The van der Waals surface area contributed by atoms with E-state index in [9.17, 15) is 4.79 Å². The van der Waals surface area contributed by atoms with Crippen LogP contribution in [0.25, 0.3) is 0 Å². The Kier molecular flexibility index (Phi) is 3.53. The van der Waals surface area contributed by atoms with E-state index in [1.165, 1.54) is 12.8 Å². The number of carbonyl (C=O) groups excluding carboxylic acids is 1. The SMILES string of the molecule is CCN(CC1CC1)C(=O)CNC. The third kappa shape index (κ3) is 2.81.